The summed E-state index contributed by atoms with van der Waals surface area (Å²) in [4.78, 5) is 11.7. The molecule has 0 aromatic heterocycles. The Labute approximate surface area is 133 Å². The van der Waals surface area contributed by atoms with Crippen LogP contribution < -0.4 is 10.6 Å². The molecule has 0 spiro atoms. The summed E-state index contributed by atoms with van der Waals surface area (Å²) in [5.41, 5.74) is 0.941. The van der Waals surface area contributed by atoms with Gasteiger partial charge in [0.25, 0.3) is 0 Å². The van der Waals surface area contributed by atoms with Gasteiger partial charge in [-0.2, -0.15) is 0 Å². The van der Waals surface area contributed by atoms with Crippen LogP contribution in [0.5, 0.6) is 0 Å². The number of ether oxygens (including phenoxy) is 1. The first-order valence-electron chi connectivity index (χ1n) is 8.13. The van der Waals surface area contributed by atoms with Crippen molar-refractivity contribution < 1.29 is 9.53 Å². The monoisotopic (exact) mass is 304 g/mol. The molecule has 3 atom stereocenters. The predicted molar refractivity (Wildman–Crippen MR) is 89.0 cm³/mol. The number of hydrogen-bond donors (Lipinski definition) is 2. The van der Waals surface area contributed by atoms with Gasteiger partial charge in [0.05, 0.1) is 0 Å². The van der Waals surface area contributed by atoms with Crippen molar-refractivity contribution in [1.29, 1.82) is 0 Å². The summed E-state index contributed by atoms with van der Waals surface area (Å²) in [7, 11) is 0. The van der Waals surface area contributed by atoms with Crippen LogP contribution in [0.15, 0.2) is 30.3 Å². The van der Waals surface area contributed by atoms with Gasteiger partial charge in [0.1, 0.15) is 5.60 Å². The van der Waals surface area contributed by atoms with Crippen LogP contribution in [0.4, 0.5) is 4.79 Å². The standard InChI is InChI=1S/C18H28N2O2/c1-13(14-8-6-5-7-9-14)10-11-19-15-12-16(15)20-17(21)22-18(2,3)4/h5-9,13,15-16,19H,10-12H2,1-4H3,(H,20,21). The van der Waals surface area contributed by atoms with Gasteiger partial charge in [-0.05, 0) is 51.6 Å². The number of carbonyl (C=O) groups excluding carboxylic acids is 1. The van der Waals surface area contributed by atoms with Crippen LogP contribution in [0.25, 0.3) is 0 Å². The molecule has 1 saturated carbocycles. The minimum absolute atomic E-state index is 0.210. The normalized spacial score (nSPS) is 22.0. The van der Waals surface area contributed by atoms with Gasteiger partial charge < -0.3 is 15.4 Å². The van der Waals surface area contributed by atoms with Gasteiger partial charge in [0.15, 0.2) is 0 Å². The van der Waals surface area contributed by atoms with Crippen LogP contribution >= 0.6 is 0 Å². The summed E-state index contributed by atoms with van der Waals surface area (Å²) >= 11 is 0. The number of benzene rings is 1. The predicted octanol–water partition coefficient (Wildman–Crippen LogP) is 3.44. The third-order valence-electron chi connectivity index (χ3n) is 3.85. The number of nitrogens with one attached hydrogen (secondary N) is 2. The maximum Gasteiger partial charge on any atom is 0.407 e. The molecule has 1 aromatic carbocycles. The van der Waals surface area contributed by atoms with E-state index in [1.807, 2.05) is 26.8 Å². The van der Waals surface area contributed by atoms with E-state index in [1.54, 1.807) is 0 Å². The van der Waals surface area contributed by atoms with Gasteiger partial charge in [-0.1, -0.05) is 37.3 Å². The van der Waals surface area contributed by atoms with E-state index in [1.165, 1.54) is 5.56 Å². The van der Waals surface area contributed by atoms with Crippen LogP contribution in [-0.2, 0) is 4.74 Å². The van der Waals surface area contributed by atoms with Crippen LogP contribution in [0.2, 0.25) is 0 Å². The van der Waals surface area contributed by atoms with Crippen molar-refractivity contribution >= 4 is 6.09 Å². The van der Waals surface area contributed by atoms with E-state index in [0.717, 1.165) is 19.4 Å². The molecule has 1 aliphatic carbocycles. The minimum atomic E-state index is -0.437. The van der Waals surface area contributed by atoms with Gasteiger partial charge in [-0.3, -0.25) is 0 Å². The highest BCUT2D eigenvalue weighted by molar-refractivity contribution is 5.68. The Morgan fingerprint density at radius 2 is 1.95 bits per heavy atom. The summed E-state index contributed by atoms with van der Waals surface area (Å²) in [6.45, 7) is 8.84. The Bertz CT molecular complexity index is 482. The third kappa shape index (κ3) is 5.68. The van der Waals surface area contributed by atoms with Crippen molar-refractivity contribution in [2.45, 2.75) is 64.1 Å². The first-order chi connectivity index (χ1) is 10.3. The number of rotatable bonds is 6. The molecule has 4 heteroatoms. The Kier molecular flexibility index (Phi) is 5.46. The molecule has 4 nitrogen and oxygen atoms in total. The number of alkyl carbamates (subject to hydrolysis) is 1. The van der Waals surface area contributed by atoms with Crippen LogP contribution in [0, 0.1) is 0 Å². The fraction of sp³-hybridized carbons (Fsp3) is 0.611. The number of hydrogen-bond acceptors (Lipinski definition) is 3. The van der Waals surface area contributed by atoms with Crippen molar-refractivity contribution in [3.05, 3.63) is 35.9 Å². The summed E-state index contributed by atoms with van der Waals surface area (Å²) in [5, 5.41) is 6.41. The Morgan fingerprint density at radius 3 is 2.59 bits per heavy atom. The van der Waals surface area contributed by atoms with Crippen LogP contribution in [0.1, 0.15) is 52.0 Å². The lowest BCUT2D eigenvalue weighted by Gasteiger charge is -2.19. The molecule has 2 N–H and O–H groups in total. The average molecular weight is 304 g/mol. The highest BCUT2D eigenvalue weighted by atomic mass is 16.6. The fourth-order valence-electron chi connectivity index (χ4n) is 2.47. The molecule has 3 unspecified atom stereocenters. The zero-order valence-electron chi connectivity index (χ0n) is 14.1. The Balaban J connectivity index is 1.61. The first-order valence-corrected chi connectivity index (χ1v) is 8.13. The molecule has 0 aliphatic heterocycles. The smallest absolute Gasteiger partial charge is 0.407 e. The molecule has 2 rings (SSSR count). The Morgan fingerprint density at radius 1 is 1.27 bits per heavy atom. The van der Waals surface area contributed by atoms with E-state index in [4.69, 9.17) is 4.74 Å². The van der Waals surface area contributed by atoms with Crippen LogP contribution in [0.3, 0.4) is 0 Å². The molecular weight excluding hydrogens is 276 g/mol. The topological polar surface area (TPSA) is 50.4 Å². The zero-order chi connectivity index (χ0) is 16.2. The maximum atomic E-state index is 11.7. The van der Waals surface area contributed by atoms with E-state index in [0.29, 0.717) is 12.0 Å². The molecule has 1 aliphatic rings. The number of amides is 1. The molecule has 22 heavy (non-hydrogen) atoms. The minimum Gasteiger partial charge on any atom is -0.444 e. The van der Waals surface area contributed by atoms with Gasteiger partial charge in [0.2, 0.25) is 0 Å². The van der Waals surface area contributed by atoms with Gasteiger partial charge in [-0.15, -0.1) is 0 Å². The first kappa shape index (κ1) is 16.8. The molecule has 0 heterocycles. The van der Waals surface area contributed by atoms with Gasteiger partial charge in [-0.25, -0.2) is 4.79 Å². The molecule has 1 fully saturated rings. The van der Waals surface area contributed by atoms with Crippen LogP contribution in [-0.4, -0.2) is 30.3 Å². The second-order valence-corrected chi connectivity index (χ2v) is 7.15. The van der Waals surface area contributed by atoms with Gasteiger partial charge >= 0.3 is 6.09 Å². The van der Waals surface area contributed by atoms with E-state index in [-0.39, 0.29) is 12.1 Å². The maximum absolute atomic E-state index is 11.7. The summed E-state index contributed by atoms with van der Waals surface area (Å²) in [5.74, 6) is 0.546. The fourth-order valence-corrected chi connectivity index (χ4v) is 2.47. The number of carbonyl (C=O) groups is 1. The van der Waals surface area contributed by atoms with Crippen molar-refractivity contribution in [2.75, 3.05) is 6.54 Å². The lowest BCUT2D eigenvalue weighted by Crippen LogP contribution is -2.36. The van der Waals surface area contributed by atoms with Gasteiger partial charge in [0, 0.05) is 12.1 Å². The quantitative estimate of drug-likeness (QED) is 0.846. The second-order valence-electron chi connectivity index (χ2n) is 7.15. The third-order valence-corrected chi connectivity index (χ3v) is 3.85. The zero-order valence-corrected chi connectivity index (χ0v) is 14.1. The van der Waals surface area contributed by atoms with E-state index >= 15 is 0 Å². The van der Waals surface area contributed by atoms with Crippen molar-refractivity contribution in [2.24, 2.45) is 0 Å². The van der Waals surface area contributed by atoms with Crippen molar-refractivity contribution in [3.8, 4) is 0 Å². The average Bonchev–Trinajstić information content (AvgIpc) is 3.15. The molecule has 0 radical (unpaired) electrons. The SMILES string of the molecule is CC(CCNC1CC1NC(=O)OC(C)(C)C)c1ccccc1. The molecule has 0 saturated heterocycles. The lowest BCUT2D eigenvalue weighted by atomic mass is 9.98. The largest absolute Gasteiger partial charge is 0.444 e. The highest BCUT2D eigenvalue weighted by Crippen LogP contribution is 2.23. The molecule has 0 bridgehead atoms. The second kappa shape index (κ2) is 7.14. The molecular formula is C18H28N2O2. The van der Waals surface area contributed by atoms with E-state index in [9.17, 15) is 4.79 Å². The molecule has 1 aromatic rings. The summed E-state index contributed by atoms with van der Waals surface area (Å²) in [6.07, 6.45) is 1.76. The lowest BCUT2D eigenvalue weighted by molar-refractivity contribution is 0.0522. The molecule has 122 valence electrons. The van der Waals surface area contributed by atoms with E-state index < -0.39 is 5.60 Å². The summed E-state index contributed by atoms with van der Waals surface area (Å²) < 4.78 is 5.26. The van der Waals surface area contributed by atoms with Crippen molar-refractivity contribution in [1.82, 2.24) is 10.6 Å². The highest BCUT2D eigenvalue weighted by Gasteiger charge is 2.38. The summed E-state index contributed by atoms with van der Waals surface area (Å²) in [6, 6.07) is 11.2. The van der Waals surface area contributed by atoms with Crippen molar-refractivity contribution in [3.63, 3.8) is 0 Å². The Hall–Kier alpha value is -1.55. The van der Waals surface area contributed by atoms with E-state index in [2.05, 4.69) is 41.8 Å². The molecule has 1 amide bonds.